The van der Waals surface area contributed by atoms with Gasteiger partial charge < -0.3 is 5.73 Å². The Morgan fingerprint density at radius 3 is 2.42 bits per heavy atom. The summed E-state index contributed by atoms with van der Waals surface area (Å²) in [6.45, 7) is 0. The van der Waals surface area contributed by atoms with Crippen LogP contribution in [0.4, 0.5) is 0 Å². The highest BCUT2D eigenvalue weighted by atomic mass is 16.1. The molecule has 6 nitrogen and oxygen atoms in total. The molecule has 6 heteroatoms. The number of hydrogen-bond acceptors (Lipinski definition) is 5. The minimum absolute atomic E-state index is 0.347. The summed E-state index contributed by atoms with van der Waals surface area (Å²) in [7, 11) is 0. The van der Waals surface area contributed by atoms with Gasteiger partial charge in [-0.05, 0) is 37.1 Å². The van der Waals surface area contributed by atoms with E-state index in [2.05, 4.69) is 15.0 Å². The van der Waals surface area contributed by atoms with Crippen molar-refractivity contribution in [2.75, 3.05) is 0 Å². The monoisotopic (exact) mass is 317 g/mol. The number of nitrogens with zero attached hydrogens (tertiary/aromatic N) is 4. The number of carbonyl (C=O) groups excluding carboxylic acids is 1. The zero-order valence-corrected chi connectivity index (χ0v) is 12.9. The summed E-state index contributed by atoms with van der Waals surface area (Å²) >= 11 is 0. The van der Waals surface area contributed by atoms with Crippen LogP contribution in [0.2, 0.25) is 0 Å². The van der Waals surface area contributed by atoms with Crippen LogP contribution < -0.4 is 5.73 Å². The highest BCUT2D eigenvalue weighted by Crippen LogP contribution is 2.47. The largest absolute Gasteiger partial charge is 0.369 e. The average Bonchev–Trinajstić information content (AvgIpc) is 3.45. The molecule has 24 heavy (non-hydrogen) atoms. The van der Waals surface area contributed by atoms with Gasteiger partial charge in [-0.2, -0.15) is 0 Å². The van der Waals surface area contributed by atoms with E-state index in [1.807, 2.05) is 30.3 Å². The first-order chi connectivity index (χ1) is 11.7. The lowest BCUT2D eigenvalue weighted by molar-refractivity contribution is -0.120. The molecule has 1 amide bonds. The maximum atomic E-state index is 11.8. The molecule has 1 aliphatic carbocycles. The molecule has 0 saturated heterocycles. The molecule has 1 aliphatic rings. The summed E-state index contributed by atoms with van der Waals surface area (Å²) in [6.07, 6.45) is 8.21. The van der Waals surface area contributed by atoms with E-state index in [1.165, 1.54) is 0 Å². The van der Waals surface area contributed by atoms with Gasteiger partial charge >= 0.3 is 0 Å². The van der Waals surface area contributed by atoms with Gasteiger partial charge in [-0.15, -0.1) is 0 Å². The van der Waals surface area contributed by atoms with Crippen molar-refractivity contribution < 1.29 is 4.79 Å². The summed E-state index contributed by atoms with van der Waals surface area (Å²) < 4.78 is 0. The number of nitrogens with two attached hydrogens (primary N) is 1. The molecule has 0 radical (unpaired) electrons. The van der Waals surface area contributed by atoms with Crippen LogP contribution >= 0.6 is 0 Å². The van der Waals surface area contributed by atoms with Gasteiger partial charge in [-0.1, -0.05) is 6.07 Å². The first-order valence-corrected chi connectivity index (χ1v) is 7.70. The average molecular weight is 317 g/mol. The lowest BCUT2D eigenvalue weighted by atomic mass is 10.0. The third-order valence-electron chi connectivity index (χ3n) is 4.35. The van der Waals surface area contributed by atoms with Crippen LogP contribution in [0, 0.1) is 0 Å². The van der Waals surface area contributed by atoms with Gasteiger partial charge in [0.05, 0.1) is 28.7 Å². The van der Waals surface area contributed by atoms with Gasteiger partial charge in [0.2, 0.25) is 5.91 Å². The van der Waals surface area contributed by atoms with Gasteiger partial charge in [0.25, 0.3) is 0 Å². The third-order valence-corrected chi connectivity index (χ3v) is 4.35. The Hall–Kier alpha value is -3.15. The Balaban J connectivity index is 1.91. The number of hydrogen-bond donors (Lipinski definition) is 1. The number of aromatic nitrogens is 4. The summed E-state index contributed by atoms with van der Waals surface area (Å²) in [6, 6.07) is 9.36. The van der Waals surface area contributed by atoms with Crippen molar-refractivity contribution in [2.24, 2.45) is 5.73 Å². The minimum atomic E-state index is -0.673. The number of primary amides is 1. The third kappa shape index (κ3) is 2.32. The van der Waals surface area contributed by atoms with Crippen molar-refractivity contribution in [2.45, 2.75) is 18.3 Å². The van der Waals surface area contributed by atoms with Crippen LogP contribution in [-0.2, 0) is 10.2 Å². The molecule has 0 unspecified atom stereocenters. The second kappa shape index (κ2) is 5.49. The van der Waals surface area contributed by atoms with Gasteiger partial charge in [0, 0.05) is 24.2 Å². The predicted octanol–water partition coefficient (Wildman–Crippen LogP) is 2.12. The van der Waals surface area contributed by atoms with Crippen molar-refractivity contribution in [3.63, 3.8) is 0 Å². The molecule has 3 aromatic rings. The molecule has 0 bridgehead atoms. The molecule has 3 heterocycles. The lowest BCUT2D eigenvalue weighted by Crippen LogP contribution is -2.29. The molecule has 118 valence electrons. The molecule has 2 N–H and O–H groups in total. The second-order valence-electron chi connectivity index (χ2n) is 5.85. The Kier molecular flexibility index (Phi) is 3.30. The lowest BCUT2D eigenvalue weighted by Gasteiger charge is -2.14. The first kappa shape index (κ1) is 14.4. The number of rotatable bonds is 4. The SMILES string of the molecule is NC(=O)C1(c2cnc(-c3ccncc3)c(-c3ccccn3)n2)CC1. The van der Waals surface area contributed by atoms with Crippen LogP contribution in [0.15, 0.2) is 55.1 Å². The molecule has 0 atom stereocenters. The van der Waals surface area contributed by atoms with Crippen molar-refractivity contribution in [1.82, 2.24) is 19.9 Å². The van der Waals surface area contributed by atoms with Crippen molar-refractivity contribution in [3.05, 3.63) is 60.8 Å². The van der Waals surface area contributed by atoms with Crippen LogP contribution in [0.1, 0.15) is 18.5 Å². The van der Waals surface area contributed by atoms with E-state index >= 15 is 0 Å². The van der Waals surface area contributed by atoms with Gasteiger partial charge in [-0.3, -0.25) is 19.7 Å². The van der Waals surface area contributed by atoms with Crippen molar-refractivity contribution in [3.8, 4) is 22.6 Å². The Labute approximate surface area is 138 Å². The molecule has 0 aliphatic heterocycles. The molecule has 0 aromatic carbocycles. The standard InChI is InChI=1S/C18H15N5O/c19-17(24)18(6-7-18)14-11-22-15(12-4-9-20-10-5-12)16(23-14)13-3-1-2-8-21-13/h1-5,8-11H,6-7H2,(H2,19,24). The summed E-state index contributed by atoms with van der Waals surface area (Å²) in [4.78, 5) is 29.5. The van der Waals surface area contributed by atoms with E-state index in [4.69, 9.17) is 10.7 Å². The minimum Gasteiger partial charge on any atom is -0.369 e. The summed E-state index contributed by atoms with van der Waals surface area (Å²) in [5, 5.41) is 0. The van der Waals surface area contributed by atoms with E-state index < -0.39 is 5.41 Å². The Morgan fingerprint density at radius 1 is 1.00 bits per heavy atom. The smallest absolute Gasteiger partial charge is 0.229 e. The number of pyridine rings is 2. The first-order valence-electron chi connectivity index (χ1n) is 7.70. The fraction of sp³-hybridized carbons (Fsp3) is 0.167. The van der Waals surface area contributed by atoms with Crippen LogP contribution in [0.5, 0.6) is 0 Å². The van der Waals surface area contributed by atoms with Gasteiger partial charge in [0.1, 0.15) is 5.69 Å². The zero-order valence-electron chi connectivity index (χ0n) is 12.9. The van der Waals surface area contributed by atoms with Crippen LogP contribution in [-0.4, -0.2) is 25.8 Å². The molecular weight excluding hydrogens is 302 g/mol. The fourth-order valence-electron chi connectivity index (χ4n) is 2.78. The Morgan fingerprint density at radius 2 is 1.79 bits per heavy atom. The highest BCUT2D eigenvalue weighted by Gasteiger charge is 2.52. The van der Waals surface area contributed by atoms with E-state index in [0.29, 0.717) is 35.6 Å². The van der Waals surface area contributed by atoms with Gasteiger partial charge in [0.15, 0.2) is 0 Å². The quantitative estimate of drug-likeness (QED) is 0.795. The normalized spacial score (nSPS) is 15.0. The van der Waals surface area contributed by atoms with Crippen LogP contribution in [0.25, 0.3) is 22.6 Å². The van der Waals surface area contributed by atoms with E-state index in [9.17, 15) is 4.79 Å². The van der Waals surface area contributed by atoms with Crippen molar-refractivity contribution in [1.29, 1.82) is 0 Å². The van der Waals surface area contributed by atoms with E-state index in [-0.39, 0.29) is 5.91 Å². The maximum Gasteiger partial charge on any atom is 0.229 e. The summed E-state index contributed by atoms with van der Waals surface area (Å²) in [5.74, 6) is -0.347. The maximum absolute atomic E-state index is 11.8. The van der Waals surface area contributed by atoms with E-state index in [1.54, 1.807) is 24.8 Å². The molecule has 1 saturated carbocycles. The Bertz CT molecular complexity index is 892. The van der Waals surface area contributed by atoms with Crippen molar-refractivity contribution >= 4 is 5.91 Å². The predicted molar refractivity (Wildman–Crippen MR) is 88.6 cm³/mol. The molecule has 3 aromatic heterocycles. The number of amides is 1. The van der Waals surface area contributed by atoms with Gasteiger partial charge in [-0.25, -0.2) is 4.98 Å². The zero-order chi connectivity index (χ0) is 16.6. The molecular formula is C18H15N5O. The molecule has 0 spiro atoms. The second-order valence-corrected chi connectivity index (χ2v) is 5.85. The molecule has 1 fully saturated rings. The highest BCUT2D eigenvalue weighted by molar-refractivity contribution is 5.89. The summed E-state index contributed by atoms with van der Waals surface area (Å²) in [5.41, 5.74) is 8.48. The van der Waals surface area contributed by atoms with E-state index in [0.717, 1.165) is 5.56 Å². The molecule has 4 rings (SSSR count). The fourth-order valence-corrected chi connectivity index (χ4v) is 2.78. The number of carbonyl (C=O) groups is 1. The topological polar surface area (TPSA) is 94.7 Å². The van der Waals surface area contributed by atoms with Crippen LogP contribution in [0.3, 0.4) is 0 Å².